The van der Waals surface area contributed by atoms with Crippen LogP contribution in [0.3, 0.4) is 0 Å². The molecule has 1 aliphatic rings. The van der Waals surface area contributed by atoms with Gasteiger partial charge in [0, 0.05) is 33.4 Å². The van der Waals surface area contributed by atoms with Gasteiger partial charge in [-0.2, -0.15) is 0 Å². The molecule has 1 aliphatic heterocycles. The van der Waals surface area contributed by atoms with Crippen molar-refractivity contribution in [2.75, 3.05) is 46.6 Å². The molecule has 0 spiro atoms. The Balaban J connectivity index is 1.58. The molecule has 23 heavy (non-hydrogen) atoms. The highest BCUT2D eigenvalue weighted by atomic mass is 16.5. The smallest absolute Gasteiger partial charge is 0.317 e. The molecule has 1 aromatic carbocycles. The number of likely N-dealkylation sites (tertiary alicyclic amines) is 1. The topological polar surface area (TPSA) is 50.8 Å². The summed E-state index contributed by atoms with van der Waals surface area (Å²) in [6.45, 7) is 4.38. The van der Waals surface area contributed by atoms with E-state index in [-0.39, 0.29) is 6.03 Å². The van der Waals surface area contributed by atoms with E-state index in [1.165, 1.54) is 5.56 Å². The molecule has 1 aromatic rings. The summed E-state index contributed by atoms with van der Waals surface area (Å²) in [7, 11) is 1.68. The van der Waals surface area contributed by atoms with Crippen molar-refractivity contribution in [1.82, 2.24) is 10.2 Å². The predicted octanol–water partition coefficient (Wildman–Crippen LogP) is 2.31. The first kappa shape index (κ1) is 17.8. The molecule has 2 rings (SSSR count). The zero-order chi connectivity index (χ0) is 16.3. The number of nitrogens with one attached hydrogen (secondary N) is 1. The molecule has 0 atom stereocenters. The van der Waals surface area contributed by atoms with Crippen molar-refractivity contribution in [2.24, 2.45) is 5.92 Å². The zero-order valence-electron chi connectivity index (χ0n) is 14.0. The minimum absolute atomic E-state index is 0.0553. The quantitative estimate of drug-likeness (QED) is 0.748. The maximum Gasteiger partial charge on any atom is 0.317 e. The fourth-order valence-electron chi connectivity index (χ4n) is 2.77. The molecule has 1 N–H and O–H groups in total. The first-order valence-corrected chi connectivity index (χ1v) is 8.43. The third-order valence-electron chi connectivity index (χ3n) is 4.22. The number of piperidine rings is 1. The summed E-state index contributed by atoms with van der Waals surface area (Å²) in [5.74, 6) is 0.556. The van der Waals surface area contributed by atoms with Gasteiger partial charge in [-0.25, -0.2) is 4.79 Å². The number of hydrogen-bond donors (Lipinski definition) is 1. The Morgan fingerprint density at radius 2 is 1.96 bits per heavy atom. The molecule has 0 aromatic heterocycles. The summed E-state index contributed by atoms with van der Waals surface area (Å²) >= 11 is 0. The molecule has 128 valence electrons. The van der Waals surface area contributed by atoms with Crippen molar-refractivity contribution in [2.45, 2.75) is 19.3 Å². The Kier molecular flexibility index (Phi) is 7.90. The second kappa shape index (κ2) is 10.2. The number of hydrogen-bond acceptors (Lipinski definition) is 3. The number of carbonyl (C=O) groups is 1. The van der Waals surface area contributed by atoms with Crippen LogP contribution in [0, 0.1) is 5.92 Å². The van der Waals surface area contributed by atoms with Crippen LogP contribution >= 0.6 is 0 Å². The average Bonchev–Trinajstić information content (AvgIpc) is 2.60. The van der Waals surface area contributed by atoms with Gasteiger partial charge in [0.05, 0.1) is 13.2 Å². The Morgan fingerprint density at radius 1 is 1.22 bits per heavy atom. The molecule has 1 saturated heterocycles. The Labute approximate surface area is 139 Å². The van der Waals surface area contributed by atoms with Crippen molar-refractivity contribution in [3.8, 4) is 0 Å². The average molecular weight is 320 g/mol. The largest absolute Gasteiger partial charge is 0.382 e. The standard InChI is InChI=1S/C18H28N2O3/c1-22-13-14-23-15-17-8-11-20(12-9-17)18(21)19-10-7-16-5-3-2-4-6-16/h2-6,17H,7-15H2,1H3,(H,19,21). The second-order valence-electron chi connectivity index (χ2n) is 5.97. The van der Waals surface area contributed by atoms with Crippen LogP contribution in [0.4, 0.5) is 4.79 Å². The first-order chi connectivity index (χ1) is 11.3. The SMILES string of the molecule is COCCOCC1CCN(C(=O)NCCc2ccccc2)CC1. The number of methoxy groups -OCH3 is 1. The van der Waals surface area contributed by atoms with E-state index in [0.29, 0.717) is 25.7 Å². The maximum absolute atomic E-state index is 12.2. The van der Waals surface area contributed by atoms with E-state index >= 15 is 0 Å². The number of ether oxygens (including phenoxy) is 2. The highest BCUT2D eigenvalue weighted by molar-refractivity contribution is 5.74. The van der Waals surface area contributed by atoms with Crippen molar-refractivity contribution in [3.05, 3.63) is 35.9 Å². The minimum atomic E-state index is 0.0553. The number of amides is 2. The van der Waals surface area contributed by atoms with Crippen LogP contribution in [0.25, 0.3) is 0 Å². The van der Waals surface area contributed by atoms with Crippen LogP contribution in [-0.2, 0) is 15.9 Å². The van der Waals surface area contributed by atoms with Crippen LogP contribution in [0.15, 0.2) is 30.3 Å². The Morgan fingerprint density at radius 3 is 2.65 bits per heavy atom. The van der Waals surface area contributed by atoms with Crippen molar-refractivity contribution >= 4 is 6.03 Å². The number of urea groups is 1. The summed E-state index contributed by atoms with van der Waals surface area (Å²) in [5, 5.41) is 3.01. The lowest BCUT2D eigenvalue weighted by molar-refractivity contribution is 0.0381. The van der Waals surface area contributed by atoms with E-state index in [2.05, 4.69) is 17.4 Å². The molecular formula is C18H28N2O3. The fraction of sp³-hybridized carbons (Fsp3) is 0.611. The predicted molar refractivity (Wildman–Crippen MR) is 90.5 cm³/mol. The third-order valence-corrected chi connectivity index (χ3v) is 4.22. The molecular weight excluding hydrogens is 292 g/mol. The summed E-state index contributed by atoms with van der Waals surface area (Å²) in [6, 6.07) is 10.3. The van der Waals surface area contributed by atoms with Gasteiger partial charge in [-0.1, -0.05) is 30.3 Å². The number of benzene rings is 1. The van der Waals surface area contributed by atoms with Crippen molar-refractivity contribution in [1.29, 1.82) is 0 Å². The molecule has 5 heteroatoms. The van der Waals surface area contributed by atoms with E-state index in [4.69, 9.17) is 9.47 Å². The second-order valence-corrected chi connectivity index (χ2v) is 5.97. The summed E-state index contributed by atoms with van der Waals surface area (Å²) in [5.41, 5.74) is 1.25. The van der Waals surface area contributed by atoms with Gasteiger partial charge in [-0.05, 0) is 30.7 Å². The first-order valence-electron chi connectivity index (χ1n) is 8.43. The summed E-state index contributed by atoms with van der Waals surface area (Å²) < 4.78 is 10.5. The number of rotatable bonds is 8. The van der Waals surface area contributed by atoms with Gasteiger partial charge >= 0.3 is 6.03 Å². The zero-order valence-corrected chi connectivity index (χ0v) is 14.0. The molecule has 0 unspecified atom stereocenters. The van der Waals surface area contributed by atoms with Gasteiger partial charge in [0.15, 0.2) is 0 Å². The minimum Gasteiger partial charge on any atom is -0.382 e. The van der Waals surface area contributed by atoms with Crippen molar-refractivity contribution in [3.63, 3.8) is 0 Å². The lowest BCUT2D eigenvalue weighted by Gasteiger charge is -2.31. The van der Waals surface area contributed by atoms with E-state index in [9.17, 15) is 4.79 Å². The van der Waals surface area contributed by atoms with E-state index in [0.717, 1.165) is 39.0 Å². The summed E-state index contributed by atoms with van der Waals surface area (Å²) in [4.78, 5) is 14.1. The van der Waals surface area contributed by atoms with Crippen LogP contribution in [0.1, 0.15) is 18.4 Å². The molecule has 0 bridgehead atoms. The maximum atomic E-state index is 12.2. The van der Waals surface area contributed by atoms with Gasteiger partial charge in [0.2, 0.25) is 0 Å². The van der Waals surface area contributed by atoms with Gasteiger partial charge in [0.25, 0.3) is 0 Å². The molecule has 5 nitrogen and oxygen atoms in total. The molecule has 1 heterocycles. The third kappa shape index (κ3) is 6.59. The monoisotopic (exact) mass is 320 g/mol. The van der Waals surface area contributed by atoms with Crippen LogP contribution in [0.2, 0.25) is 0 Å². The van der Waals surface area contributed by atoms with Crippen LogP contribution < -0.4 is 5.32 Å². The van der Waals surface area contributed by atoms with Gasteiger partial charge < -0.3 is 19.7 Å². The van der Waals surface area contributed by atoms with Crippen LogP contribution in [-0.4, -0.2) is 57.5 Å². The van der Waals surface area contributed by atoms with E-state index in [1.54, 1.807) is 7.11 Å². The van der Waals surface area contributed by atoms with Gasteiger partial charge in [-0.15, -0.1) is 0 Å². The highest BCUT2D eigenvalue weighted by Gasteiger charge is 2.22. The fourth-order valence-corrected chi connectivity index (χ4v) is 2.77. The number of nitrogens with zero attached hydrogens (tertiary/aromatic N) is 1. The van der Waals surface area contributed by atoms with Gasteiger partial charge in [0.1, 0.15) is 0 Å². The lowest BCUT2D eigenvalue weighted by Crippen LogP contribution is -2.45. The molecule has 0 aliphatic carbocycles. The molecule has 1 fully saturated rings. The summed E-state index contributed by atoms with van der Waals surface area (Å²) in [6.07, 6.45) is 2.90. The Bertz CT molecular complexity index is 445. The molecule has 0 radical (unpaired) electrons. The molecule has 0 saturated carbocycles. The highest BCUT2D eigenvalue weighted by Crippen LogP contribution is 2.17. The van der Waals surface area contributed by atoms with Crippen molar-refractivity contribution < 1.29 is 14.3 Å². The number of carbonyl (C=O) groups excluding carboxylic acids is 1. The van der Waals surface area contributed by atoms with E-state index < -0.39 is 0 Å². The van der Waals surface area contributed by atoms with Gasteiger partial charge in [-0.3, -0.25) is 0 Å². The Hall–Kier alpha value is -1.59. The van der Waals surface area contributed by atoms with E-state index in [1.807, 2.05) is 23.1 Å². The van der Waals surface area contributed by atoms with Crippen LogP contribution in [0.5, 0.6) is 0 Å². The lowest BCUT2D eigenvalue weighted by atomic mass is 9.98. The molecule has 2 amide bonds. The normalized spacial score (nSPS) is 15.6.